The zero-order valence-electron chi connectivity index (χ0n) is 6.48. The summed E-state index contributed by atoms with van der Waals surface area (Å²) in [5, 5.41) is 0.894. The Balaban J connectivity index is 2.38. The van der Waals surface area contributed by atoms with Crippen molar-refractivity contribution in [3.05, 3.63) is 0 Å². The normalized spacial score (nSPS) is 22.6. The third kappa shape index (κ3) is 3.14. The number of hydrogen-bond acceptors (Lipinski definition) is 2. The molecule has 0 aromatic carbocycles. The van der Waals surface area contributed by atoms with E-state index < -0.39 is 0 Å². The number of carbonyl (C=O) groups is 1. The fraction of sp³-hybridized carbons (Fsp3) is 0.750. The van der Waals surface area contributed by atoms with E-state index >= 15 is 0 Å². The Labute approximate surface area is 75.2 Å². The molecule has 0 unspecified atom stereocenters. The van der Waals surface area contributed by atoms with Gasteiger partial charge in [0.1, 0.15) is 5.78 Å². The minimum Gasteiger partial charge on any atom is -0.299 e. The van der Waals surface area contributed by atoms with E-state index in [0.717, 1.165) is 36.8 Å². The van der Waals surface area contributed by atoms with Gasteiger partial charge in [0.2, 0.25) is 0 Å². The van der Waals surface area contributed by atoms with Gasteiger partial charge in [0.15, 0.2) is 0 Å². The van der Waals surface area contributed by atoms with Crippen LogP contribution in [0.2, 0.25) is 0 Å². The number of ketones is 1. The first-order chi connectivity index (χ1) is 5.33. The summed E-state index contributed by atoms with van der Waals surface area (Å²) in [6.07, 6.45) is 3.39. The number of alkyl halides is 1. The van der Waals surface area contributed by atoms with Gasteiger partial charge in [-0.3, -0.25) is 9.79 Å². The van der Waals surface area contributed by atoms with Gasteiger partial charge in [0.25, 0.3) is 0 Å². The topological polar surface area (TPSA) is 29.4 Å². The van der Waals surface area contributed by atoms with E-state index in [-0.39, 0.29) is 0 Å². The zero-order valence-corrected chi connectivity index (χ0v) is 8.06. The summed E-state index contributed by atoms with van der Waals surface area (Å²) in [4.78, 5) is 15.2. The highest BCUT2D eigenvalue weighted by atomic mass is 79.9. The summed E-state index contributed by atoms with van der Waals surface area (Å²) in [5.74, 6) is 0.351. The molecule has 1 aliphatic rings. The smallest absolute Gasteiger partial charge is 0.138 e. The van der Waals surface area contributed by atoms with Crippen molar-refractivity contribution >= 4 is 27.4 Å². The average Bonchev–Trinajstić information content (AvgIpc) is 2.01. The SMILES string of the molecule is O=C1CCCC(=NCCBr)C1. The standard InChI is InChI=1S/C8H12BrNO/c9-4-5-10-7-2-1-3-8(11)6-7/h1-6H2. The molecule has 0 radical (unpaired) electrons. The highest BCUT2D eigenvalue weighted by Gasteiger charge is 2.13. The van der Waals surface area contributed by atoms with Gasteiger partial charge >= 0.3 is 0 Å². The summed E-state index contributed by atoms with van der Waals surface area (Å²) < 4.78 is 0. The largest absolute Gasteiger partial charge is 0.299 e. The highest BCUT2D eigenvalue weighted by Crippen LogP contribution is 2.11. The van der Waals surface area contributed by atoms with Crippen LogP contribution in [0.25, 0.3) is 0 Å². The molecule has 2 nitrogen and oxygen atoms in total. The molecule has 0 bridgehead atoms. The molecule has 0 spiro atoms. The number of rotatable bonds is 2. The first-order valence-electron chi connectivity index (χ1n) is 3.93. The van der Waals surface area contributed by atoms with Crippen molar-refractivity contribution in [1.29, 1.82) is 0 Å². The number of hydrogen-bond donors (Lipinski definition) is 0. The Morgan fingerprint density at radius 1 is 1.45 bits per heavy atom. The molecule has 0 N–H and O–H groups in total. The van der Waals surface area contributed by atoms with Crippen molar-refractivity contribution in [1.82, 2.24) is 0 Å². The van der Waals surface area contributed by atoms with Gasteiger partial charge in [-0.1, -0.05) is 15.9 Å². The van der Waals surface area contributed by atoms with E-state index in [1.54, 1.807) is 0 Å². The van der Waals surface area contributed by atoms with Gasteiger partial charge in [-0.15, -0.1) is 0 Å². The quantitative estimate of drug-likeness (QED) is 0.651. The van der Waals surface area contributed by atoms with Gasteiger partial charge in [-0.25, -0.2) is 0 Å². The van der Waals surface area contributed by atoms with Crippen LogP contribution < -0.4 is 0 Å². The van der Waals surface area contributed by atoms with Crippen molar-refractivity contribution in [3.63, 3.8) is 0 Å². The van der Waals surface area contributed by atoms with Crippen molar-refractivity contribution in [2.24, 2.45) is 4.99 Å². The third-order valence-electron chi connectivity index (χ3n) is 1.74. The van der Waals surface area contributed by atoms with Crippen LogP contribution in [0.5, 0.6) is 0 Å². The van der Waals surface area contributed by atoms with Crippen LogP contribution in [0.3, 0.4) is 0 Å². The van der Waals surface area contributed by atoms with E-state index in [4.69, 9.17) is 0 Å². The lowest BCUT2D eigenvalue weighted by molar-refractivity contribution is -0.118. The maximum absolute atomic E-state index is 10.9. The van der Waals surface area contributed by atoms with Crippen molar-refractivity contribution in [2.75, 3.05) is 11.9 Å². The van der Waals surface area contributed by atoms with Crippen LogP contribution in [-0.4, -0.2) is 23.4 Å². The third-order valence-corrected chi connectivity index (χ3v) is 2.10. The molecule has 0 heterocycles. The Morgan fingerprint density at radius 2 is 2.27 bits per heavy atom. The van der Waals surface area contributed by atoms with E-state index in [9.17, 15) is 4.79 Å². The number of nitrogens with zero attached hydrogens (tertiary/aromatic N) is 1. The molecule has 62 valence electrons. The first kappa shape index (κ1) is 8.91. The molecule has 1 fully saturated rings. The van der Waals surface area contributed by atoms with E-state index in [1.807, 2.05) is 0 Å². The first-order valence-corrected chi connectivity index (χ1v) is 5.05. The highest BCUT2D eigenvalue weighted by molar-refractivity contribution is 9.09. The predicted molar refractivity (Wildman–Crippen MR) is 49.6 cm³/mol. The molecule has 0 aromatic rings. The van der Waals surface area contributed by atoms with Crippen LogP contribution in [0.15, 0.2) is 4.99 Å². The lowest BCUT2D eigenvalue weighted by Crippen LogP contribution is -2.14. The summed E-state index contributed by atoms with van der Waals surface area (Å²) in [5.41, 5.74) is 1.10. The second kappa shape index (κ2) is 4.65. The van der Waals surface area contributed by atoms with Crippen LogP contribution in [0, 0.1) is 0 Å². The summed E-state index contributed by atoms with van der Waals surface area (Å²) in [6.45, 7) is 0.808. The Hall–Kier alpha value is -0.180. The zero-order chi connectivity index (χ0) is 8.10. The maximum atomic E-state index is 10.9. The lowest BCUT2D eigenvalue weighted by Gasteiger charge is -2.10. The summed E-state index contributed by atoms with van der Waals surface area (Å²) in [6, 6.07) is 0. The van der Waals surface area contributed by atoms with Crippen molar-refractivity contribution in [3.8, 4) is 0 Å². The Morgan fingerprint density at radius 3 is 2.91 bits per heavy atom. The summed E-state index contributed by atoms with van der Waals surface area (Å²) >= 11 is 3.30. The molecule has 0 amide bonds. The molecule has 1 rings (SSSR count). The molecule has 3 heteroatoms. The molecule has 1 saturated carbocycles. The van der Waals surface area contributed by atoms with Gasteiger partial charge < -0.3 is 0 Å². The van der Waals surface area contributed by atoms with Crippen LogP contribution >= 0.6 is 15.9 Å². The van der Waals surface area contributed by atoms with E-state index in [2.05, 4.69) is 20.9 Å². The van der Waals surface area contributed by atoms with E-state index in [0.29, 0.717) is 12.2 Å². The summed E-state index contributed by atoms with van der Waals surface area (Å²) in [7, 11) is 0. The van der Waals surface area contributed by atoms with Crippen LogP contribution in [0.4, 0.5) is 0 Å². The molecular formula is C8H12BrNO. The molecule has 0 aliphatic heterocycles. The maximum Gasteiger partial charge on any atom is 0.138 e. The molecule has 0 aromatic heterocycles. The Kier molecular flexibility index (Phi) is 3.77. The molecular weight excluding hydrogens is 206 g/mol. The molecule has 0 saturated heterocycles. The molecule has 11 heavy (non-hydrogen) atoms. The number of Topliss-reactive ketones (excluding diaryl/α,β-unsaturated/α-hetero) is 1. The van der Waals surface area contributed by atoms with Crippen molar-refractivity contribution < 1.29 is 4.79 Å². The minimum atomic E-state index is 0.351. The minimum absolute atomic E-state index is 0.351. The van der Waals surface area contributed by atoms with E-state index in [1.165, 1.54) is 0 Å². The number of aliphatic imine (C=N–C) groups is 1. The van der Waals surface area contributed by atoms with Gasteiger partial charge in [-0.05, 0) is 12.8 Å². The fourth-order valence-electron chi connectivity index (χ4n) is 1.23. The second-order valence-corrected chi connectivity index (χ2v) is 3.50. The second-order valence-electron chi connectivity index (χ2n) is 2.71. The van der Waals surface area contributed by atoms with Gasteiger partial charge in [0.05, 0.1) is 0 Å². The van der Waals surface area contributed by atoms with Gasteiger partial charge in [-0.2, -0.15) is 0 Å². The molecule has 0 atom stereocenters. The lowest BCUT2D eigenvalue weighted by atomic mass is 9.97. The monoisotopic (exact) mass is 217 g/mol. The average molecular weight is 218 g/mol. The van der Waals surface area contributed by atoms with Crippen molar-refractivity contribution in [2.45, 2.75) is 25.7 Å². The number of carbonyl (C=O) groups excluding carboxylic acids is 1. The number of halogens is 1. The van der Waals surface area contributed by atoms with Crippen LogP contribution in [0.1, 0.15) is 25.7 Å². The van der Waals surface area contributed by atoms with Crippen LogP contribution in [-0.2, 0) is 4.79 Å². The fourth-order valence-corrected chi connectivity index (χ4v) is 1.41. The van der Waals surface area contributed by atoms with Gasteiger partial charge in [0, 0.05) is 30.4 Å². The Bertz CT molecular complexity index is 177. The molecule has 1 aliphatic carbocycles. The predicted octanol–water partition coefficient (Wildman–Crippen LogP) is 1.97.